The van der Waals surface area contributed by atoms with E-state index in [2.05, 4.69) is 5.32 Å². The lowest BCUT2D eigenvalue weighted by molar-refractivity contribution is -0.119. The summed E-state index contributed by atoms with van der Waals surface area (Å²) in [5, 5.41) is 2.92. The van der Waals surface area contributed by atoms with Crippen LogP contribution in [0.2, 0.25) is 0 Å². The molecule has 0 atom stereocenters. The molecule has 3 N–H and O–H groups in total. The van der Waals surface area contributed by atoms with Crippen molar-refractivity contribution in [3.05, 3.63) is 23.8 Å². The number of para-hydroxylation sites is 1. The highest BCUT2D eigenvalue weighted by molar-refractivity contribution is 8.00. The minimum Gasteiger partial charge on any atom is -0.398 e. The summed E-state index contributed by atoms with van der Waals surface area (Å²) in [4.78, 5) is 12.6. The summed E-state index contributed by atoms with van der Waals surface area (Å²) in [6.07, 6.45) is 0. The second-order valence-corrected chi connectivity index (χ2v) is 6.09. The van der Waals surface area contributed by atoms with Crippen LogP contribution in [0.3, 0.4) is 0 Å². The van der Waals surface area contributed by atoms with Crippen molar-refractivity contribution in [1.29, 1.82) is 0 Å². The Morgan fingerprint density at radius 1 is 1.41 bits per heavy atom. The molecule has 0 heterocycles. The molecular formula is C13H20N2OS. The first-order valence-electron chi connectivity index (χ1n) is 5.58. The van der Waals surface area contributed by atoms with Crippen LogP contribution in [0.5, 0.6) is 0 Å². The van der Waals surface area contributed by atoms with E-state index in [-0.39, 0.29) is 11.4 Å². The summed E-state index contributed by atoms with van der Waals surface area (Å²) >= 11 is 1.47. The van der Waals surface area contributed by atoms with Gasteiger partial charge in [0.15, 0.2) is 0 Å². The highest BCUT2D eigenvalue weighted by Gasteiger charge is 2.14. The first kappa shape index (κ1) is 13.9. The van der Waals surface area contributed by atoms with E-state index in [0.29, 0.717) is 5.75 Å². The monoisotopic (exact) mass is 252 g/mol. The zero-order valence-electron chi connectivity index (χ0n) is 10.8. The van der Waals surface area contributed by atoms with E-state index in [1.807, 2.05) is 45.9 Å². The highest BCUT2D eigenvalue weighted by Crippen LogP contribution is 2.27. The molecule has 94 valence electrons. The topological polar surface area (TPSA) is 55.1 Å². The lowest BCUT2D eigenvalue weighted by atomic mass is 10.1. The summed E-state index contributed by atoms with van der Waals surface area (Å²) in [6.45, 7) is 7.87. The van der Waals surface area contributed by atoms with Gasteiger partial charge in [0, 0.05) is 16.1 Å². The molecule has 1 aromatic carbocycles. The molecule has 0 aliphatic rings. The van der Waals surface area contributed by atoms with Gasteiger partial charge in [0.2, 0.25) is 5.91 Å². The Bertz CT molecular complexity index is 410. The van der Waals surface area contributed by atoms with Gasteiger partial charge in [-0.2, -0.15) is 0 Å². The number of carbonyl (C=O) groups is 1. The second-order valence-electron chi connectivity index (χ2n) is 5.07. The van der Waals surface area contributed by atoms with Crippen molar-refractivity contribution in [3.8, 4) is 0 Å². The van der Waals surface area contributed by atoms with Crippen molar-refractivity contribution in [2.45, 2.75) is 38.1 Å². The van der Waals surface area contributed by atoms with Crippen LogP contribution in [0.25, 0.3) is 0 Å². The third-order valence-corrected chi connectivity index (χ3v) is 3.23. The van der Waals surface area contributed by atoms with Crippen LogP contribution in [0.15, 0.2) is 23.1 Å². The fourth-order valence-corrected chi connectivity index (χ4v) is 2.23. The zero-order chi connectivity index (χ0) is 13.1. The standard InChI is InChI=1S/C13H20N2OS/c1-9-6-5-7-10(12(9)14)17-8-11(16)15-13(2,3)4/h5-7H,8,14H2,1-4H3,(H,15,16). The van der Waals surface area contributed by atoms with Crippen molar-refractivity contribution in [3.63, 3.8) is 0 Å². The lowest BCUT2D eigenvalue weighted by Gasteiger charge is -2.20. The number of hydrogen-bond donors (Lipinski definition) is 2. The van der Waals surface area contributed by atoms with Crippen LogP contribution in [0, 0.1) is 6.92 Å². The first-order valence-corrected chi connectivity index (χ1v) is 6.57. The largest absolute Gasteiger partial charge is 0.398 e. The van der Waals surface area contributed by atoms with Crippen molar-refractivity contribution in [2.24, 2.45) is 0 Å². The number of anilines is 1. The molecule has 0 saturated heterocycles. The van der Waals surface area contributed by atoms with E-state index in [0.717, 1.165) is 16.1 Å². The van der Waals surface area contributed by atoms with E-state index in [4.69, 9.17) is 5.73 Å². The molecule has 1 amide bonds. The van der Waals surface area contributed by atoms with Gasteiger partial charge in [-0.1, -0.05) is 12.1 Å². The molecule has 17 heavy (non-hydrogen) atoms. The van der Waals surface area contributed by atoms with Gasteiger partial charge in [-0.3, -0.25) is 4.79 Å². The van der Waals surface area contributed by atoms with Crippen LogP contribution < -0.4 is 11.1 Å². The Morgan fingerprint density at radius 3 is 2.65 bits per heavy atom. The van der Waals surface area contributed by atoms with Crippen molar-refractivity contribution in [2.75, 3.05) is 11.5 Å². The molecule has 0 unspecified atom stereocenters. The van der Waals surface area contributed by atoms with Crippen LogP contribution in [0.1, 0.15) is 26.3 Å². The number of hydrogen-bond acceptors (Lipinski definition) is 3. The number of nitrogens with one attached hydrogen (secondary N) is 1. The number of rotatable bonds is 3. The first-order chi connectivity index (χ1) is 7.79. The third-order valence-electron chi connectivity index (χ3n) is 2.16. The molecule has 0 aromatic heterocycles. The summed E-state index contributed by atoms with van der Waals surface area (Å²) in [7, 11) is 0. The number of benzene rings is 1. The second kappa shape index (κ2) is 5.45. The van der Waals surface area contributed by atoms with Crippen LogP contribution in [-0.2, 0) is 4.79 Å². The number of aryl methyl sites for hydroxylation is 1. The maximum atomic E-state index is 11.7. The van der Waals surface area contributed by atoms with Crippen molar-refractivity contribution in [1.82, 2.24) is 5.32 Å². The molecular weight excluding hydrogens is 232 g/mol. The number of amides is 1. The molecule has 0 fully saturated rings. The predicted octanol–water partition coefficient (Wildman–Crippen LogP) is 2.58. The van der Waals surface area contributed by atoms with Gasteiger partial charge in [0.1, 0.15) is 0 Å². The van der Waals surface area contributed by atoms with Gasteiger partial charge >= 0.3 is 0 Å². The summed E-state index contributed by atoms with van der Waals surface area (Å²) in [6, 6.07) is 5.86. The van der Waals surface area contributed by atoms with E-state index < -0.39 is 0 Å². The van der Waals surface area contributed by atoms with E-state index in [9.17, 15) is 4.79 Å². The molecule has 4 heteroatoms. The summed E-state index contributed by atoms with van der Waals surface area (Å²) in [5.74, 6) is 0.425. The molecule has 1 aromatic rings. The van der Waals surface area contributed by atoms with E-state index in [1.165, 1.54) is 11.8 Å². The minimum absolute atomic E-state index is 0.0309. The number of carbonyl (C=O) groups excluding carboxylic acids is 1. The Balaban J connectivity index is 2.56. The number of nitrogen functional groups attached to an aromatic ring is 1. The van der Waals surface area contributed by atoms with Crippen molar-refractivity contribution >= 4 is 23.4 Å². The molecule has 0 aliphatic carbocycles. The van der Waals surface area contributed by atoms with Gasteiger partial charge in [0.05, 0.1) is 5.75 Å². The zero-order valence-corrected chi connectivity index (χ0v) is 11.6. The van der Waals surface area contributed by atoms with Gasteiger partial charge in [0.25, 0.3) is 0 Å². The maximum absolute atomic E-state index is 11.7. The van der Waals surface area contributed by atoms with Gasteiger partial charge < -0.3 is 11.1 Å². The smallest absolute Gasteiger partial charge is 0.230 e. The Hall–Kier alpha value is -1.16. The fraction of sp³-hybridized carbons (Fsp3) is 0.462. The maximum Gasteiger partial charge on any atom is 0.230 e. The Morgan fingerprint density at radius 2 is 2.06 bits per heavy atom. The minimum atomic E-state index is -0.185. The average molecular weight is 252 g/mol. The lowest BCUT2D eigenvalue weighted by Crippen LogP contribution is -2.41. The number of thioether (sulfide) groups is 1. The summed E-state index contributed by atoms with van der Waals surface area (Å²) in [5.41, 5.74) is 7.57. The van der Waals surface area contributed by atoms with Crippen LogP contribution >= 0.6 is 11.8 Å². The molecule has 0 saturated carbocycles. The van der Waals surface area contributed by atoms with Gasteiger partial charge in [-0.05, 0) is 39.3 Å². The summed E-state index contributed by atoms with van der Waals surface area (Å²) < 4.78 is 0. The average Bonchev–Trinajstić information content (AvgIpc) is 2.18. The predicted molar refractivity (Wildman–Crippen MR) is 74.2 cm³/mol. The molecule has 3 nitrogen and oxygen atoms in total. The third kappa shape index (κ3) is 4.69. The van der Waals surface area contributed by atoms with E-state index in [1.54, 1.807) is 0 Å². The molecule has 0 aliphatic heterocycles. The normalized spacial score (nSPS) is 11.3. The van der Waals surface area contributed by atoms with Crippen molar-refractivity contribution < 1.29 is 4.79 Å². The SMILES string of the molecule is Cc1cccc(SCC(=O)NC(C)(C)C)c1N. The molecule has 0 bridgehead atoms. The Labute approximate surface area is 107 Å². The Kier molecular flexibility index (Phi) is 4.46. The van der Waals surface area contributed by atoms with E-state index >= 15 is 0 Å². The molecule has 0 radical (unpaired) electrons. The highest BCUT2D eigenvalue weighted by atomic mass is 32.2. The molecule has 1 rings (SSSR count). The van der Waals surface area contributed by atoms with Crippen LogP contribution in [-0.4, -0.2) is 17.2 Å². The van der Waals surface area contributed by atoms with Crippen LogP contribution in [0.4, 0.5) is 5.69 Å². The fourth-order valence-electron chi connectivity index (χ4n) is 1.38. The number of nitrogens with two attached hydrogens (primary N) is 1. The molecule has 0 spiro atoms. The van der Waals surface area contributed by atoms with Gasteiger partial charge in [-0.25, -0.2) is 0 Å². The quantitative estimate of drug-likeness (QED) is 0.642. The van der Waals surface area contributed by atoms with Gasteiger partial charge in [-0.15, -0.1) is 11.8 Å².